The first-order valence-electron chi connectivity index (χ1n) is 7.80. The zero-order valence-electron chi connectivity index (χ0n) is 13.4. The lowest BCUT2D eigenvalue weighted by molar-refractivity contribution is -0.141. The van der Waals surface area contributed by atoms with Gasteiger partial charge in [-0.05, 0) is 26.3 Å². The van der Waals surface area contributed by atoms with Crippen molar-refractivity contribution in [1.29, 1.82) is 0 Å². The first-order chi connectivity index (χ1) is 10.9. The van der Waals surface area contributed by atoms with Crippen LogP contribution in [0.1, 0.15) is 25.8 Å². The van der Waals surface area contributed by atoms with Gasteiger partial charge in [-0.2, -0.15) is 0 Å². The van der Waals surface area contributed by atoms with E-state index >= 15 is 0 Å². The van der Waals surface area contributed by atoms with E-state index in [1.807, 2.05) is 26.0 Å². The zero-order valence-corrected chi connectivity index (χ0v) is 13.4. The summed E-state index contributed by atoms with van der Waals surface area (Å²) in [5.74, 6) is -0.240. The largest absolute Gasteiger partial charge is 0.483 e. The number of carbonyl (C=O) groups excluding carboxylic acids is 1. The highest BCUT2D eigenvalue weighted by Gasteiger charge is 2.33. The summed E-state index contributed by atoms with van der Waals surface area (Å²) in [5, 5.41) is 8.99. The van der Waals surface area contributed by atoms with Crippen LogP contribution in [0.15, 0.2) is 18.2 Å². The molecule has 0 aliphatic carbocycles. The van der Waals surface area contributed by atoms with Crippen molar-refractivity contribution in [3.63, 3.8) is 0 Å². The second-order valence-electron chi connectivity index (χ2n) is 6.74. The Morgan fingerprint density at radius 2 is 2.22 bits per heavy atom. The molecule has 1 amide bonds. The fourth-order valence-corrected chi connectivity index (χ4v) is 3.12. The van der Waals surface area contributed by atoms with Crippen molar-refractivity contribution in [2.45, 2.75) is 32.3 Å². The van der Waals surface area contributed by atoms with Gasteiger partial charge in [-0.3, -0.25) is 9.59 Å². The minimum atomic E-state index is -0.849. The van der Waals surface area contributed by atoms with Crippen LogP contribution in [0.25, 0.3) is 0 Å². The lowest BCUT2D eigenvalue weighted by Gasteiger charge is -2.19. The molecule has 23 heavy (non-hydrogen) atoms. The summed E-state index contributed by atoms with van der Waals surface area (Å²) < 4.78 is 11.6. The van der Waals surface area contributed by atoms with Gasteiger partial charge < -0.3 is 19.5 Å². The molecule has 1 fully saturated rings. The van der Waals surface area contributed by atoms with E-state index in [1.165, 1.54) is 0 Å². The minimum absolute atomic E-state index is 0.105. The Hall–Kier alpha value is -2.24. The Balaban J connectivity index is 1.61. The second kappa shape index (κ2) is 5.76. The monoisotopic (exact) mass is 319 g/mol. The molecule has 0 saturated carbocycles. The van der Waals surface area contributed by atoms with Gasteiger partial charge in [0.05, 0.1) is 5.92 Å². The summed E-state index contributed by atoms with van der Waals surface area (Å²) in [6.07, 6.45) is 1.30. The van der Waals surface area contributed by atoms with Gasteiger partial charge in [0.2, 0.25) is 0 Å². The van der Waals surface area contributed by atoms with Crippen molar-refractivity contribution in [2.24, 2.45) is 5.92 Å². The fourth-order valence-electron chi connectivity index (χ4n) is 3.12. The van der Waals surface area contributed by atoms with Crippen LogP contribution in [0.2, 0.25) is 0 Å². The number of nitrogens with zero attached hydrogens (tertiary/aromatic N) is 1. The van der Waals surface area contributed by atoms with Crippen LogP contribution in [-0.2, 0) is 16.0 Å². The Morgan fingerprint density at radius 3 is 2.91 bits per heavy atom. The number of carboxylic acids is 1. The molecule has 3 rings (SSSR count). The Bertz CT molecular complexity index is 640. The topological polar surface area (TPSA) is 76.1 Å². The first-order valence-corrected chi connectivity index (χ1v) is 7.80. The third-order valence-corrected chi connectivity index (χ3v) is 4.30. The molecule has 2 heterocycles. The standard InChI is InChI=1S/C17H21NO5/c1-17(2)8-11-4-3-5-13(15(11)23-17)22-10-14(19)18-7-6-12(9-18)16(20)21/h3-5,12H,6-10H2,1-2H3,(H,20,21). The number of likely N-dealkylation sites (tertiary alicyclic amines) is 1. The molecule has 1 aromatic carbocycles. The van der Waals surface area contributed by atoms with Crippen LogP contribution >= 0.6 is 0 Å². The average Bonchev–Trinajstić information content (AvgIpc) is 3.07. The third kappa shape index (κ3) is 3.25. The third-order valence-electron chi connectivity index (χ3n) is 4.30. The second-order valence-corrected chi connectivity index (χ2v) is 6.74. The number of amides is 1. The number of carbonyl (C=O) groups is 2. The Morgan fingerprint density at radius 1 is 1.43 bits per heavy atom. The van der Waals surface area contributed by atoms with Crippen molar-refractivity contribution in [1.82, 2.24) is 4.90 Å². The molecule has 124 valence electrons. The van der Waals surface area contributed by atoms with E-state index in [9.17, 15) is 9.59 Å². The molecule has 0 aromatic heterocycles. The van der Waals surface area contributed by atoms with Gasteiger partial charge in [-0.15, -0.1) is 0 Å². The highest BCUT2D eigenvalue weighted by atomic mass is 16.5. The summed E-state index contributed by atoms with van der Waals surface area (Å²) in [6, 6.07) is 5.67. The molecule has 6 nitrogen and oxygen atoms in total. The van der Waals surface area contributed by atoms with Gasteiger partial charge in [0.15, 0.2) is 18.1 Å². The molecule has 1 atom stereocenters. The van der Waals surface area contributed by atoms with Crippen LogP contribution in [0, 0.1) is 5.92 Å². The summed E-state index contributed by atoms with van der Waals surface area (Å²) in [5.41, 5.74) is 0.808. The number of ether oxygens (including phenoxy) is 2. The SMILES string of the molecule is CC1(C)Cc2cccc(OCC(=O)N3CCC(C(=O)O)C3)c2O1. The molecule has 0 spiro atoms. The van der Waals surface area contributed by atoms with Crippen LogP contribution in [0.3, 0.4) is 0 Å². The number of benzene rings is 1. The molecule has 1 N–H and O–H groups in total. The Kier molecular flexibility index (Phi) is 3.92. The van der Waals surface area contributed by atoms with Crippen LogP contribution in [-0.4, -0.2) is 47.2 Å². The summed E-state index contributed by atoms with van der Waals surface area (Å²) in [6.45, 7) is 4.65. The van der Waals surface area contributed by atoms with Crippen molar-refractivity contribution >= 4 is 11.9 Å². The molecule has 2 aliphatic rings. The molecule has 1 unspecified atom stereocenters. The normalized spacial score (nSPS) is 21.7. The number of hydrogen-bond donors (Lipinski definition) is 1. The molecule has 1 aromatic rings. The van der Waals surface area contributed by atoms with E-state index < -0.39 is 11.9 Å². The van der Waals surface area contributed by atoms with Crippen molar-refractivity contribution in [2.75, 3.05) is 19.7 Å². The van der Waals surface area contributed by atoms with Gasteiger partial charge >= 0.3 is 5.97 Å². The lowest BCUT2D eigenvalue weighted by Crippen LogP contribution is -2.33. The van der Waals surface area contributed by atoms with Gasteiger partial charge in [-0.1, -0.05) is 12.1 Å². The molecular weight excluding hydrogens is 298 g/mol. The quantitative estimate of drug-likeness (QED) is 0.914. The fraction of sp³-hybridized carbons (Fsp3) is 0.529. The maximum absolute atomic E-state index is 12.2. The van der Waals surface area contributed by atoms with Crippen molar-refractivity contribution < 1.29 is 24.2 Å². The lowest BCUT2D eigenvalue weighted by atomic mass is 10.0. The van der Waals surface area contributed by atoms with Gasteiger partial charge in [0.1, 0.15) is 5.60 Å². The summed E-state index contributed by atoms with van der Waals surface area (Å²) in [4.78, 5) is 24.7. The van der Waals surface area contributed by atoms with Crippen LogP contribution in [0.5, 0.6) is 11.5 Å². The van der Waals surface area contributed by atoms with E-state index in [-0.39, 0.29) is 24.7 Å². The molecule has 0 bridgehead atoms. The molecule has 2 aliphatic heterocycles. The smallest absolute Gasteiger partial charge is 0.308 e. The summed E-state index contributed by atoms with van der Waals surface area (Å²) in [7, 11) is 0. The number of rotatable bonds is 4. The summed E-state index contributed by atoms with van der Waals surface area (Å²) >= 11 is 0. The molecule has 6 heteroatoms. The van der Waals surface area contributed by atoms with E-state index in [0.29, 0.717) is 24.5 Å². The van der Waals surface area contributed by atoms with E-state index in [1.54, 1.807) is 11.0 Å². The van der Waals surface area contributed by atoms with Gasteiger partial charge in [0.25, 0.3) is 5.91 Å². The van der Waals surface area contributed by atoms with E-state index in [4.69, 9.17) is 14.6 Å². The average molecular weight is 319 g/mol. The molecule has 0 radical (unpaired) electrons. The number of para-hydroxylation sites is 1. The number of aliphatic carboxylic acids is 1. The zero-order chi connectivity index (χ0) is 16.6. The highest BCUT2D eigenvalue weighted by molar-refractivity contribution is 5.80. The molecule has 1 saturated heterocycles. The predicted octanol–water partition coefficient (Wildman–Crippen LogP) is 1.71. The number of fused-ring (bicyclic) bond motifs is 1. The number of carboxylic acid groups (broad SMARTS) is 1. The highest BCUT2D eigenvalue weighted by Crippen LogP contribution is 2.41. The molecular formula is C17H21NO5. The number of hydrogen-bond acceptors (Lipinski definition) is 4. The maximum Gasteiger partial charge on any atom is 0.308 e. The van der Waals surface area contributed by atoms with Gasteiger partial charge in [-0.25, -0.2) is 0 Å². The maximum atomic E-state index is 12.2. The van der Waals surface area contributed by atoms with Crippen LogP contribution in [0.4, 0.5) is 0 Å². The van der Waals surface area contributed by atoms with E-state index in [2.05, 4.69) is 0 Å². The van der Waals surface area contributed by atoms with Crippen molar-refractivity contribution in [3.05, 3.63) is 23.8 Å². The Labute approximate surface area is 135 Å². The van der Waals surface area contributed by atoms with E-state index in [0.717, 1.165) is 12.0 Å². The van der Waals surface area contributed by atoms with Crippen molar-refractivity contribution in [3.8, 4) is 11.5 Å². The first kappa shape index (κ1) is 15.6. The van der Waals surface area contributed by atoms with Gasteiger partial charge in [0, 0.05) is 25.1 Å². The predicted molar refractivity (Wildman–Crippen MR) is 82.7 cm³/mol. The van der Waals surface area contributed by atoms with Crippen LogP contribution < -0.4 is 9.47 Å². The minimum Gasteiger partial charge on any atom is -0.483 e.